The van der Waals surface area contributed by atoms with E-state index >= 15 is 0 Å². The van der Waals surface area contributed by atoms with E-state index in [1.165, 1.54) is 33.2 Å². The second-order valence-electron chi connectivity index (χ2n) is 7.18. The first kappa shape index (κ1) is 23.4. The number of hydrogen-bond donors (Lipinski definition) is 0. The molecule has 0 radical (unpaired) electrons. The van der Waals surface area contributed by atoms with Crippen LogP contribution < -0.4 is 0 Å². The first-order valence-electron chi connectivity index (χ1n) is 9.33. The Morgan fingerprint density at radius 1 is 1.31 bits per heavy atom. The van der Waals surface area contributed by atoms with Crippen molar-refractivity contribution >= 4 is 26.6 Å². The van der Waals surface area contributed by atoms with Crippen LogP contribution in [0.15, 0.2) is 24.3 Å². The Hall–Kier alpha value is -1.85. The van der Waals surface area contributed by atoms with E-state index in [1.807, 2.05) is 6.92 Å². The smallest absolute Gasteiger partial charge is 0.459 e. The largest absolute Gasteiger partial charge is 0.501 e. The average molecular weight is 428 g/mol. The summed E-state index contributed by atoms with van der Waals surface area (Å²) in [6.07, 6.45) is 3.18. The molecule has 0 N–H and O–H groups in total. The molecule has 2 rings (SSSR count). The number of carbonyl (C=O) groups excluding carboxylic acids is 3. The number of amides is 2. The summed E-state index contributed by atoms with van der Waals surface area (Å²) in [7, 11) is 1.47. The lowest BCUT2D eigenvalue weighted by Gasteiger charge is -2.32. The van der Waals surface area contributed by atoms with Crippen molar-refractivity contribution in [3.05, 3.63) is 24.3 Å². The molecule has 0 aromatic carbocycles. The summed E-state index contributed by atoms with van der Waals surface area (Å²) in [5, 5.41) is 0. The van der Waals surface area contributed by atoms with Crippen LogP contribution in [-0.2, 0) is 37.1 Å². The minimum atomic E-state index is -2.94. The molecule has 2 aliphatic heterocycles. The lowest BCUT2D eigenvalue weighted by atomic mass is 9.86. The van der Waals surface area contributed by atoms with Gasteiger partial charge in [-0.1, -0.05) is 18.7 Å². The van der Waals surface area contributed by atoms with Gasteiger partial charge in [0.15, 0.2) is 0 Å². The summed E-state index contributed by atoms with van der Waals surface area (Å²) >= 11 is 0. The van der Waals surface area contributed by atoms with Crippen molar-refractivity contribution in [1.82, 2.24) is 4.90 Å². The Morgan fingerprint density at radius 2 is 1.93 bits per heavy atom. The van der Waals surface area contributed by atoms with Gasteiger partial charge in [-0.25, -0.2) is 4.79 Å². The third kappa shape index (κ3) is 4.84. The SMILES string of the molecule is C=C(C)C(=O)OCC1(C2CC(=O)N(CC[Si](OC)(OC)OC)C2=O)C=CC(C)O1. The minimum absolute atomic E-state index is 0.0397. The Balaban J connectivity index is 2.17. The lowest BCUT2D eigenvalue weighted by Crippen LogP contribution is -2.49. The summed E-state index contributed by atoms with van der Waals surface area (Å²) in [6, 6.07) is 0.269. The standard InChI is InChI=1S/C19H29NO8Si/c1-13(2)18(23)27-12-19(8-7-14(3)28-19)15-11-16(21)20(17(15)22)9-10-29(24-4,25-5)26-6/h7-8,14-15H,1,9-12H2,2-6H3. The fraction of sp³-hybridized carbons (Fsp3) is 0.632. The van der Waals surface area contributed by atoms with Crippen LogP contribution in [0.5, 0.6) is 0 Å². The maximum absolute atomic E-state index is 13.1. The fourth-order valence-corrected chi connectivity index (χ4v) is 5.12. The molecule has 0 aromatic heterocycles. The van der Waals surface area contributed by atoms with E-state index in [0.717, 1.165) is 0 Å². The maximum atomic E-state index is 13.1. The van der Waals surface area contributed by atoms with Crippen molar-refractivity contribution in [3.63, 3.8) is 0 Å². The molecule has 29 heavy (non-hydrogen) atoms. The number of rotatable bonds is 10. The van der Waals surface area contributed by atoms with Crippen LogP contribution in [-0.4, -0.2) is 77.7 Å². The number of likely N-dealkylation sites (tertiary alicyclic amines) is 1. The van der Waals surface area contributed by atoms with Gasteiger partial charge in [0.1, 0.15) is 12.2 Å². The van der Waals surface area contributed by atoms with Crippen molar-refractivity contribution in [2.75, 3.05) is 34.5 Å². The van der Waals surface area contributed by atoms with E-state index in [9.17, 15) is 14.4 Å². The summed E-state index contributed by atoms with van der Waals surface area (Å²) in [6.45, 7) is 6.83. The molecule has 0 bridgehead atoms. The van der Waals surface area contributed by atoms with Gasteiger partial charge in [0.05, 0.1) is 12.0 Å². The molecule has 2 heterocycles. The highest BCUT2D eigenvalue weighted by Gasteiger charge is 2.54. The van der Waals surface area contributed by atoms with Crippen LogP contribution in [0.1, 0.15) is 20.3 Å². The van der Waals surface area contributed by atoms with Crippen molar-refractivity contribution in [2.24, 2.45) is 5.92 Å². The molecular weight excluding hydrogens is 398 g/mol. The van der Waals surface area contributed by atoms with Gasteiger partial charge in [0.25, 0.3) is 0 Å². The Kier molecular flexibility index (Phi) is 7.52. The van der Waals surface area contributed by atoms with Crippen LogP contribution in [0, 0.1) is 5.92 Å². The number of ether oxygens (including phenoxy) is 2. The number of imide groups is 1. The van der Waals surface area contributed by atoms with Gasteiger partial charge in [-0.3, -0.25) is 14.5 Å². The summed E-state index contributed by atoms with van der Waals surface area (Å²) in [5.74, 6) is -2.08. The minimum Gasteiger partial charge on any atom is -0.459 e. The molecular formula is C19H29NO8Si. The predicted octanol–water partition coefficient (Wildman–Crippen LogP) is 1.07. The number of hydrogen-bond acceptors (Lipinski definition) is 8. The van der Waals surface area contributed by atoms with Gasteiger partial charge in [0.2, 0.25) is 11.8 Å². The summed E-state index contributed by atoms with van der Waals surface area (Å²) < 4.78 is 27.3. The highest BCUT2D eigenvalue weighted by molar-refractivity contribution is 6.60. The van der Waals surface area contributed by atoms with E-state index in [4.69, 9.17) is 22.8 Å². The van der Waals surface area contributed by atoms with Gasteiger partial charge >= 0.3 is 14.8 Å². The molecule has 2 aliphatic rings. The zero-order valence-corrected chi connectivity index (χ0v) is 18.6. The van der Waals surface area contributed by atoms with Gasteiger partial charge < -0.3 is 22.8 Å². The van der Waals surface area contributed by atoms with E-state index in [1.54, 1.807) is 12.2 Å². The molecule has 3 atom stereocenters. The van der Waals surface area contributed by atoms with E-state index < -0.39 is 26.3 Å². The Morgan fingerprint density at radius 3 is 2.41 bits per heavy atom. The van der Waals surface area contributed by atoms with E-state index in [2.05, 4.69) is 6.58 Å². The number of esters is 1. The molecule has 3 unspecified atom stereocenters. The quantitative estimate of drug-likeness (QED) is 0.168. The van der Waals surface area contributed by atoms with Crippen molar-refractivity contribution < 1.29 is 37.1 Å². The van der Waals surface area contributed by atoms with E-state index in [-0.39, 0.29) is 49.1 Å². The van der Waals surface area contributed by atoms with Crippen LogP contribution in [0.25, 0.3) is 0 Å². The molecule has 0 aromatic rings. The van der Waals surface area contributed by atoms with Gasteiger partial charge in [-0.15, -0.1) is 0 Å². The average Bonchev–Trinajstić information content (AvgIpc) is 3.22. The third-order valence-corrected chi connectivity index (χ3v) is 7.94. The normalized spacial score (nSPS) is 27.0. The predicted molar refractivity (Wildman–Crippen MR) is 105 cm³/mol. The first-order chi connectivity index (χ1) is 13.6. The Labute approximate surface area is 171 Å². The summed E-state index contributed by atoms with van der Waals surface area (Å²) in [4.78, 5) is 38.7. The molecule has 2 amide bonds. The highest BCUT2D eigenvalue weighted by Crippen LogP contribution is 2.39. The van der Waals surface area contributed by atoms with Crippen molar-refractivity contribution in [2.45, 2.75) is 38.0 Å². The van der Waals surface area contributed by atoms with Crippen molar-refractivity contribution in [1.29, 1.82) is 0 Å². The van der Waals surface area contributed by atoms with Gasteiger partial charge in [-0.05, 0) is 13.8 Å². The van der Waals surface area contributed by atoms with Crippen LogP contribution in [0.4, 0.5) is 0 Å². The zero-order chi connectivity index (χ0) is 21.8. The van der Waals surface area contributed by atoms with Crippen LogP contribution in [0.3, 0.4) is 0 Å². The molecule has 0 spiro atoms. The maximum Gasteiger partial charge on any atom is 0.501 e. The molecule has 0 aliphatic carbocycles. The molecule has 162 valence electrons. The topological polar surface area (TPSA) is 101 Å². The van der Waals surface area contributed by atoms with Crippen LogP contribution >= 0.6 is 0 Å². The van der Waals surface area contributed by atoms with Gasteiger partial charge in [0, 0.05) is 45.9 Å². The number of carbonyl (C=O) groups is 3. The molecule has 0 saturated carbocycles. The van der Waals surface area contributed by atoms with Crippen molar-refractivity contribution in [3.8, 4) is 0 Å². The molecule has 10 heteroatoms. The molecule has 1 fully saturated rings. The van der Waals surface area contributed by atoms with E-state index in [0.29, 0.717) is 0 Å². The van der Waals surface area contributed by atoms with Gasteiger partial charge in [-0.2, -0.15) is 0 Å². The first-order valence-corrected chi connectivity index (χ1v) is 11.3. The molecule has 1 saturated heterocycles. The fourth-order valence-electron chi connectivity index (χ4n) is 3.51. The Bertz CT molecular complexity index is 696. The second-order valence-corrected chi connectivity index (χ2v) is 10.3. The summed E-state index contributed by atoms with van der Waals surface area (Å²) in [5.41, 5.74) is -0.949. The monoisotopic (exact) mass is 427 g/mol. The highest BCUT2D eigenvalue weighted by atomic mass is 28.4. The second kappa shape index (κ2) is 9.31. The van der Waals surface area contributed by atoms with Crippen LogP contribution in [0.2, 0.25) is 6.04 Å². The third-order valence-electron chi connectivity index (χ3n) is 5.24. The number of nitrogens with zero attached hydrogens (tertiary/aromatic N) is 1. The molecule has 9 nitrogen and oxygen atoms in total. The lowest BCUT2D eigenvalue weighted by molar-refractivity contribution is -0.158. The zero-order valence-electron chi connectivity index (χ0n) is 17.6.